The Hall–Kier alpha value is -1.29. The van der Waals surface area contributed by atoms with Gasteiger partial charge in [-0.25, -0.2) is 12.7 Å². The summed E-state index contributed by atoms with van der Waals surface area (Å²) in [6.07, 6.45) is -0.318. The standard InChI is InChI=1S/C18H29NO3SSi/c1-15-9-11-17(12-10-15)23(20,21)19(6)14-13-16(2)22-24(7,8)18(3,4)5/h9-12,16H,1-8H3. The van der Waals surface area contributed by atoms with Crippen molar-refractivity contribution in [3.8, 4) is 12.0 Å². The van der Waals surface area contributed by atoms with Crippen molar-refractivity contribution < 1.29 is 12.8 Å². The molecule has 0 amide bonds. The van der Waals surface area contributed by atoms with Crippen molar-refractivity contribution in [2.45, 2.75) is 63.8 Å². The predicted molar refractivity (Wildman–Crippen MR) is 102 cm³/mol. The lowest BCUT2D eigenvalue weighted by atomic mass is 10.2. The molecule has 0 aliphatic heterocycles. The minimum atomic E-state index is -3.61. The van der Waals surface area contributed by atoms with Crippen molar-refractivity contribution in [2.75, 3.05) is 7.05 Å². The van der Waals surface area contributed by atoms with E-state index in [-0.39, 0.29) is 16.0 Å². The highest BCUT2D eigenvalue weighted by Crippen LogP contribution is 2.37. The average Bonchev–Trinajstić information content (AvgIpc) is 2.43. The highest BCUT2D eigenvalue weighted by molar-refractivity contribution is 7.89. The van der Waals surface area contributed by atoms with E-state index in [1.165, 1.54) is 7.05 Å². The normalized spacial score (nSPS) is 13.8. The molecule has 0 radical (unpaired) electrons. The lowest BCUT2D eigenvalue weighted by Crippen LogP contribution is -2.43. The van der Waals surface area contributed by atoms with Gasteiger partial charge in [0, 0.05) is 13.1 Å². The van der Waals surface area contributed by atoms with Gasteiger partial charge in [-0.05, 0) is 50.0 Å². The number of hydrogen-bond donors (Lipinski definition) is 0. The van der Waals surface area contributed by atoms with Crippen LogP contribution in [0.5, 0.6) is 0 Å². The fourth-order valence-electron chi connectivity index (χ4n) is 1.76. The zero-order chi connectivity index (χ0) is 18.8. The van der Waals surface area contributed by atoms with E-state index in [0.29, 0.717) is 0 Å². The summed E-state index contributed by atoms with van der Waals surface area (Å²) in [7, 11) is -4.08. The molecule has 1 aromatic carbocycles. The Kier molecular flexibility index (Phi) is 6.31. The molecule has 0 aromatic heterocycles. The zero-order valence-corrected chi connectivity index (χ0v) is 17.8. The number of aryl methyl sites for hydroxylation is 1. The quantitative estimate of drug-likeness (QED) is 0.459. The Bertz CT molecular complexity index is 722. The van der Waals surface area contributed by atoms with Crippen LogP contribution in [0, 0.1) is 18.9 Å². The molecule has 0 aliphatic carbocycles. The minimum Gasteiger partial charge on any atom is -0.404 e. The summed E-state index contributed by atoms with van der Waals surface area (Å²) in [5.41, 5.74) is 1.01. The summed E-state index contributed by atoms with van der Waals surface area (Å²) < 4.78 is 32.2. The van der Waals surface area contributed by atoms with E-state index in [2.05, 4.69) is 45.8 Å². The van der Waals surface area contributed by atoms with Gasteiger partial charge in [0.2, 0.25) is 0 Å². The zero-order valence-electron chi connectivity index (χ0n) is 16.0. The third kappa shape index (κ3) is 5.10. The molecule has 0 N–H and O–H groups in total. The SMILES string of the molecule is Cc1ccc(S(=O)(=O)N(C)C#CC(C)O[Si](C)(C)C(C)(C)C)cc1. The van der Waals surface area contributed by atoms with Crippen molar-refractivity contribution >= 4 is 18.3 Å². The number of hydrogen-bond acceptors (Lipinski definition) is 3. The first-order valence-corrected chi connectivity index (χ1v) is 12.4. The average molecular weight is 368 g/mol. The smallest absolute Gasteiger partial charge is 0.270 e. The molecule has 1 atom stereocenters. The molecule has 24 heavy (non-hydrogen) atoms. The number of benzene rings is 1. The largest absolute Gasteiger partial charge is 0.404 e. The summed E-state index contributed by atoms with van der Waals surface area (Å²) >= 11 is 0. The molecule has 0 fully saturated rings. The van der Waals surface area contributed by atoms with E-state index in [1.807, 2.05) is 13.8 Å². The maximum Gasteiger partial charge on any atom is 0.270 e. The van der Waals surface area contributed by atoms with Gasteiger partial charge in [-0.15, -0.1) is 0 Å². The van der Waals surface area contributed by atoms with Crippen molar-refractivity contribution in [3.05, 3.63) is 29.8 Å². The van der Waals surface area contributed by atoms with Crippen LogP contribution in [-0.2, 0) is 14.4 Å². The van der Waals surface area contributed by atoms with Gasteiger partial charge < -0.3 is 4.43 Å². The van der Waals surface area contributed by atoms with E-state index >= 15 is 0 Å². The van der Waals surface area contributed by atoms with E-state index in [9.17, 15) is 8.42 Å². The van der Waals surface area contributed by atoms with Crippen LogP contribution in [-0.4, -0.2) is 34.2 Å². The minimum absolute atomic E-state index is 0.0861. The van der Waals surface area contributed by atoms with E-state index in [1.54, 1.807) is 24.3 Å². The van der Waals surface area contributed by atoms with Gasteiger partial charge in [0.15, 0.2) is 8.32 Å². The molecule has 0 heterocycles. The van der Waals surface area contributed by atoms with Crippen LogP contribution in [0.2, 0.25) is 18.1 Å². The molecule has 4 nitrogen and oxygen atoms in total. The van der Waals surface area contributed by atoms with Gasteiger partial charge in [0.25, 0.3) is 10.0 Å². The van der Waals surface area contributed by atoms with Gasteiger partial charge in [0.05, 0.1) is 4.90 Å². The Balaban J connectivity index is 2.90. The summed E-state index contributed by atoms with van der Waals surface area (Å²) in [6.45, 7) is 14.6. The molecule has 0 bridgehead atoms. The highest BCUT2D eigenvalue weighted by Gasteiger charge is 2.38. The molecule has 1 rings (SSSR count). The van der Waals surface area contributed by atoms with Crippen molar-refractivity contribution in [1.82, 2.24) is 4.31 Å². The molecule has 6 heteroatoms. The number of sulfonamides is 1. The summed E-state index contributed by atoms with van der Waals surface area (Å²) in [6, 6.07) is 9.44. The van der Waals surface area contributed by atoms with Crippen LogP contribution in [0.15, 0.2) is 29.2 Å². The lowest BCUT2D eigenvalue weighted by molar-refractivity contribution is 0.251. The van der Waals surface area contributed by atoms with Crippen LogP contribution in [0.25, 0.3) is 0 Å². The molecule has 1 aromatic rings. The Morgan fingerprint density at radius 2 is 1.67 bits per heavy atom. The molecular formula is C18H29NO3SSi. The molecular weight excluding hydrogens is 338 g/mol. The first-order chi connectivity index (χ1) is 10.8. The maximum absolute atomic E-state index is 12.5. The van der Waals surface area contributed by atoms with Crippen LogP contribution in [0.3, 0.4) is 0 Å². The first kappa shape index (κ1) is 20.8. The monoisotopic (exact) mass is 367 g/mol. The second kappa shape index (κ2) is 7.30. The lowest BCUT2D eigenvalue weighted by Gasteiger charge is -2.37. The Morgan fingerprint density at radius 1 is 1.17 bits per heavy atom. The van der Waals surface area contributed by atoms with Gasteiger partial charge in [-0.2, -0.15) is 0 Å². The fraction of sp³-hybridized carbons (Fsp3) is 0.556. The highest BCUT2D eigenvalue weighted by atomic mass is 32.2. The van der Waals surface area contributed by atoms with Crippen LogP contribution < -0.4 is 0 Å². The summed E-state index contributed by atoms with van der Waals surface area (Å²) in [5.74, 6) is 2.91. The van der Waals surface area contributed by atoms with Crippen LogP contribution in [0.4, 0.5) is 0 Å². The van der Waals surface area contributed by atoms with Gasteiger partial charge in [0.1, 0.15) is 6.10 Å². The van der Waals surface area contributed by atoms with Crippen molar-refractivity contribution in [1.29, 1.82) is 0 Å². The molecule has 0 saturated heterocycles. The molecule has 0 saturated carbocycles. The van der Waals surface area contributed by atoms with Crippen LogP contribution in [0.1, 0.15) is 33.3 Å². The first-order valence-electron chi connectivity index (χ1n) is 8.02. The van der Waals surface area contributed by atoms with Gasteiger partial charge in [-0.3, -0.25) is 0 Å². The second-order valence-corrected chi connectivity index (χ2v) is 14.3. The molecule has 0 aliphatic rings. The third-order valence-electron chi connectivity index (χ3n) is 4.38. The fourth-order valence-corrected chi connectivity index (χ4v) is 4.02. The Morgan fingerprint density at radius 3 is 2.12 bits per heavy atom. The van der Waals surface area contributed by atoms with Crippen molar-refractivity contribution in [3.63, 3.8) is 0 Å². The predicted octanol–water partition coefficient (Wildman–Crippen LogP) is 3.99. The van der Waals surface area contributed by atoms with E-state index in [0.717, 1.165) is 9.87 Å². The molecule has 134 valence electrons. The molecule has 1 unspecified atom stereocenters. The van der Waals surface area contributed by atoms with Crippen molar-refractivity contribution in [2.24, 2.45) is 0 Å². The third-order valence-corrected chi connectivity index (χ3v) is 10.6. The van der Waals surface area contributed by atoms with Gasteiger partial charge in [-0.1, -0.05) is 38.5 Å². The number of rotatable bonds is 4. The topological polar surface area (TPSA) is 46.6 Å². The maximum atomic E-state index is 12.5. The van der Waals surface area contributed by atoms with E-state index < -0.39 is 18.3 Å². The Labute approximate surface area is 148 Å². The second-order valence-electron chi connectivity index (χ2n) is 7.56. The molecule has 0 spiro atoms. The number of nitrogens with zero attached hydrogens (tertiary/aromatic N) is 1. The van der Waals surface area contributed by atoms with Gasteiger partial charge >= 0.3 is 0 Å². The summed E-state index contributed by atoms with van der Waals surface area (Å²) in [4.78, 5) is 0.239. The van der Waals surface area contributed by atoms with Crippen LogP contribution >= 0.6 is 0 Å². The van der Waals surface area contributed by atoms with E-state index in [4.69, 9.17) is 4.43 Å². The summed E-state index contributed by atoms with van der Waals surface area (Å²) in [5, 5.41) is 0.0861.